The summed E-state index contributed by atoms with van der Waals surface area (Å²) in [4.78, 5) is 14.4. The molecule has 19 heavy (non-hydrogen) atoms. The molecule has 0 unspecified atom stereocenters. The van der Waals surface area contributed by atoms with E-state index < -0.39 is 0 Å². The summed E-state index contributed by atoms with van der Waals surface area (Å²) in [6.45, 7) is 5.04. The van der Waals surface area contributed by atoms with Crippen molar-refractivity contribution >= 4 is 5.91 Å². The van der Waals surface area contributed by atoms with E-state index in [9.17, 15) is 4.79 Å². The Labute approximate surface area is 114 Å². The lowest BCUT2D eigenvalue weighted by molar-refractivity contribution is 0.0940. The van der Waals surface area contributed by atoms with Crippen molar-refractivity contribution in [3.8, 4) is 6.07 Å². The highest BCUT2D eigenvalue weighted by Crippen LogP contribution is 2.11. The average molecular weight is 257 g/mol. The van der Waals surface area contributed by atoms with Gasteiger partial charge in [-0.15, -0.1) is 0 Å². The molecular formula is C15H19N3O. The van der Waals surface area contributed by atoms with Gasteiger partial charge in [0, 0.05) is 18.2 Å². The van der Waals surface area contributed by atoms with Crippen LogP contribution in [0.2, 0.25) is 0 Å². The Morgan fingerprint density at radius 2 is 2.21 bits per heavy atom. The molecule has 1 fully saturated rings. The van der Waals surface area contributed by atoms with Gasteiger partial charge in [0.05, 0.1) is 11.6 Å². The van der Waals surface area contributed by atoms with Crippen LogP contribution in [-0.2, 0) is 0 Å². The fourth-order valence-electron chi connectivity index (χ4n) is 2.38. The number of carbonyl (C=O) groups is 1. The van der Waals surface area contributed by atoms with Crippen LogP contribution in [0.5, 0.6) is 0 Å². The minimum Gasteiger partial charge on any atom is -0.350 e. The molecule has 1 aliphatic heterocycles. The first kappa shape index (κ1) is 13.6. The van der Waals surface area contributed by atoms with Gasteiger partial charge < -0.3 is 5.32 Å². The van der Waals surface area contributed by atoms with Gasteiger partial charge in [0.1, 0.15) is 0 Å². The number of nitriles is 1. The van der Waals surface area contributed by atoms with Crippen molar-refractivity contribution in [1.82, 2.24) is 10.2 Å². The summed E-state index contributed by atoms with van der Waals surface area (Å²) in [5.74, 6) is -0.108. The third kappa shape index (κ3) is 3.55. The number of nitrogens with one attached hydrogen (secondary N) is 1. The second-order valence-electron chi connectivity index (χ2n) is 4.99. The largest absolute Gasteiger partial charge is 0.350 e. The zero-order valence-corrected chi connectivity index (χ0v) is 11.2. The number of likely N-dealkylation sites (tertiary alicyclic amines) is 1. The molecular weight excluding hydrogens is 238 g/mol. The van der Waals surface area contributed by atoms with Crippen LogP contribution >= 0.6 is 0 Å². The van der Waals surface area contributed by atoms with Gasteiger partial charge in [0.15, 0.2) is 0 Å². The summed E-state index contributed by atoms with van der Waals surface area (Å²) < 4.78 is 0. The Kier molecular flexibility index (Phi) is 4.53. The standard InChI is InChI=1S/C15H19N3O/c1-12(18-7-2-3-8-18)11-17-15(19)14-6-4-5-13(9-14)10-16/h4-6,9,12H,2-3,7-8,11H2,1H3,(H,17,19)/t12-/m1/s1. The molecule has 1 aromatic carbocycles. The molecule has 1 N–H and O–H groups in total. The molecule has 1 amide bonds. The van der Waals surface area contributed by atoms with Crippen molar-refractivity contribution in [2.24, 2.45) is 0 Å². The van der Waals surface area contributed by atoms with Crippen LogP contribution in [0.25, 0.3) is 0 Å². The number of hydrogen-bond acceptors (Lipinski definition) is 3. The smallest absolute Gasteiger partial charge is 0.251 e. The van der Waals surface area contributed by atoms with E-state index in [1.807, 2.05) is 6.07 Å². The Morgan fingerprint density at radius 1 is 1.47 bits per heavy atom. The highest BCUT2D eigenvalue weighted by Gasteiger charge is 2.18. The first-order valence-corrected chi connectivity index (χ1v) is 6.73. The van der Waals surface area contributed by atoms with Crippen LogP contribution in [0.15, 0.2) is 24.3 Å². The number of carbonyl (C=O) groups excluding carboxylic acids is 1. The summed E-state index contributed by atoms with van der Waals surface area (Å²) in [7, 11) is 0. The summed E-state index contributed by atoms with van der Waals surface area (Å²) in [6, 6.07) is 9.20. The van der Waals surface area contributed by atoms with Gasteiger partial charge in [-0.2, -0.15) is 5.26 Å². The molecule has 1 atom stereocenters. The van der Waals surface area contributed by atoms with Crippen LogP contribution in [0.3, 0.4) is 0 Å². The van der Waals surface area contributed by atoms with Crippen LogP contribution in [0.1, 0.15) is 35.7 Å². The highest BCUT2D eigenvalue weighted by atomic mass is 16.1. The monoisotopic (exact) mass is 257 g/mol. The normalized spacial score (nSPS) is 16.8. The number of amides is 1. The second-order valence-corrected chi connectivity index (χ2v) is 4.99. The number of benzene rings is 1. The zero-order valence-electron chi connectivity index (χ0n) is 11.2. The minimum absolute atomic E-state index is 0.108. The molecule has 1 saturated heterocycles. The van der Waals surface area contributed by atoms with Gasteiger partial charge in [-0.3, -0.25) is 9.69 Å². The van der Waals surface area contributed by atoms with E-state index in [2.05, 4.69) is 17.1 Å². The van der Waals surface area contributed by atoms with Gasteiger partial charge in [-0.05, 0) is 51.1 Å². The first-order valence-electron chi connectivity index (χ1n) is 6.73. The van der Waals surface area contributed by atoms with Crippen LogP contribution in [-0.4, -0.2) is 36.5 Å². The lowest BCUT2D eigenvalue weighted by atomic mass is 10.1. The number of nitrogens with zero attached hydrogens (tertiary/aromatic N) is 2. The maximum Gasteiger partial charge on any atom is 0.251 e. The van der Waals surface area contributed by atoms with Gasteiger partial charge in [0.25, 0.3) is 5.91 Å². The Hall–Kier alpha value is -1.86. The van der Waals surface area contributed by atoms with Crippen LogP contribution < -0.4 is 5.32 Å². The summed E-state index contributed by atoms with van der Waals surface area (Å²) in [5, 5.41) is 11.8. The zero-order chi connectivity index (χ0) is 13.7. The Morgan fingerprint density at radius 3 is 2.89 bits per heavy atom. The molecule has 0 bridgehead atoms. The minimum atomic E-state index is -0.108. The van der Waals surface area contributed by atoms with E-state index in [0.717, 1.165) is 13.1 Å². The molecule has 0 aliphatic carbocycles. The molecule has 4 heteroatoms. The molecule has 0 aromatic heterocycles. The fourth-order valence-corrected chi connectivity index (χ4v) is 2.38. The van der Waals surface area contributed by atoms with Crippen molar-refractivity contribution in [1.29, 1.82) is 5.26 Å². The van der Waals surface area contributed by atoms with Gasteiger partial charge in [-0.25, -0.2) is 0 Å². The SMILES string of the molecule is C[C@H](CNC(=O)c1cccc(C#N)c1)N1CCCC1. The number of hydrogen-bond donors (Lipinski definition) is 1. The average Bonchev–Trinajstić information content (AvgIpc) is 2.98. The van der Waals surface area contributed by atoms with Gasteiger partial charge in [-0.1, -0.05) is 6.07 Å². The topological polar surface area (TPSA) is 56.1 Å². The molecule has 1 aromatic rings. The maximum absolute atomic E-state index is 12.0. The first-order chi connectivity index (χ1) is 9.20. The quantitative estimate of drug-likeness (QED) is 0.894. The lowest BCUT2D eigenvalue weighted by Gasteiger charge is -2.23. The van der Waals surface area contributed by atoms with Crippen molar-refractivity contribution in [2.75, 3.05) is 19.6 Å². The van der Waals surface area contributed by atoms with Crippen LogP contribution in [0, 0.1) is 11.3 Å². The number of rotatable bonds is 4. The summed E-state index contributed by atoms with van der Waals surface area (Å²) in [5.41, 5.74) is 1.06. The lowest BCUT2D eigenvalue weighted by Crippen LogP contribution is -2.40. The molecule has 0 spiro atoms. The van der Waals surface area contributed by atoms with Crippen LogP contribution in [0.4, 0.5) is 0 Å². The van der Waals surface area contributed by atoms with Crippen molar-refractivity contribution in [2.45, 2.75) is 25.8 Å². The predicted octanol–water partition coefficient (Wildman–Crippen LogP) is 1.77. The molecule has 2 rings (SSSR count). The Bertz CT molecular complexity index is 486. The molecule has 1 aliphatic rings. The molecule has 4 nitrogen and oxygen atoms in total. The summed E-state index contributed by atoms with van der Waals surface area (Å²) >= 11 is 0. The van der Waals surface area contributed by atoms with Crippen molar-refractivity contribution in [3.05, 3.63) is 35.4 Å². The van der Waals surface area contributed by atoms with E-state index in [-0.39, 0.29) is 5.91 Å². The predicted molar refractivity (Wildman–Crippen MR) is 73.8 cm³/mol. The van der Waals surface area contributed by atoms with Gasteiger partial charge >= 0.3 is 0 Å². The highest BCUT2D eigenvalue weighted by molar-refractivity contribution is 5.94. The van der Waals surface area contributed by atoms with Crippen molar-refractivity contribution < 1.29 is 4.79 Å². The van der Waals surface area contributed by atoms with E-state index in [0.29, 0.717) is 23.7 Å². The second kappa shape index (κ2) is 6.35. The van der Waals surface area contributed by atoms with Gasteiger partial charge in [0.2, 0.25) is 0 Å². The van der Waals surface area contributed by atoms with E-state index >= 15 is 0 Å². The third-order valence-corrected chi connectivity index (χ3v) is 3.58. The molecule has 100 valence electrons. The van der Waals surface area contributed by atoms with Crippen molar-refractivity contribution in [3.63, 3.8) is 0 Å². The van der Waals surface area contributed by atoms with E-state index in [1.165, 1.54) is 12.8 Å². The van der Waals surface area contributed by atoms with E-state index in [4.69, 9.17) is 5.26 Å². The molecule has 0 radical (unpaired) electrons. The third-order valence-electron chi connectivity index (χ3n) is 3.58. The maximum atomic E-state index is 12.0. The molecule has 1 heterocycles. The van der Waals surface area contributed by atoms with E-state index in [1.54, 1.807) is 24.3 Å². The Balaban J connectivity index is 1.88. The molecule has 0 saturated carbocycles. The fraction of sp³-hybridized carbons (Fsp3) is 0.467. The summed E-state index contributed by atoms with van der Waals surface area (Å²) in [6.07, 6.45) is 2.50.